The molecule has 0 bridgehead atoms. The number of carbonyl (C=O) groups is 3. The van der Waals surface area contributed by atoms with Crippen molar-refractivity contribution in [2.24, 2.45) is 0 Å². The Kier molecular flexibility index (Phi) is 45.8. The first-order chi connectivity index (χ1) is 5.78. The van der Waals surface area contributed by atoms with E-state index in [0.29, 0.717) is 0 Å². The van der Waals surface area contributed by atoms with E-state index in [0.717, 1.165) is 0 Å². The number of rotatable bonds is 5. The van der Waals surface area contributed by atoms with E-state index in [-0.39, 0.29) is 129 Å². The molecule has 0 aliphatic rings. The van der Waals surface area contributed by atoms with Crippen molar-refractivity contribution in [2.75, 3.05) is 0 Å². The summed E-state index contributed by atoms with van der Waals surface area (Å²) in [6.45, 7) is 0. The smallest absolute Gasteiger partial charge is 0.550 e. The molecule has 0 aromatic heterocycles. The molecule has 5 N–H and O–H groups in total. The predicted octanol–water partition coefficient (Wildman–Crippen LogP) is -18.9. The first-order valence-corrected chi connectivity index (χ1v) is 3.11. The van der Waals surface area contributed by atoms with Crippen LogP contribution in [-0.2, 0) is 14.4 Å². The van der Waals surface area contributed by atoms with Gasteiger partial charge in [-0.2, -0.15) is 0 Å². The molecule has 9 nitrogen and oxygen atoms in total. The van der Waals surface area contributed by atoms with Crippen molar-refractivity contribution in [3.63, 3.8) is 0 Å². The number of carboxylic acid groups (broad SMARTS) is 3. The molecule has 0 aromatic rings. The van der Waals surface area contributed by atoms with E-state index < -0.39 is 36.4 Å². The second kappa shape index (κ2) is 20.3. The summed E-state index contributed by atoms with van der Waals surface area (Å²) in [6.07, 6.45) is -2.72. The van der Waals surface area contributed by atoms with E-state index in [2.05, 4.69) is 0 Å². The maximum Gasteiger partial charge on any atom is 1.00 e. The van der Waals surface area contributed by atoms with Crippen LogP contribution >= 0.6 is 0 Å². The van der Waals surface area contributed by atoms with Gasteiger partial charge in [0.05, 0.1) is 5.97 Å². The van der Waals surface area contributed by atoms with Gasteiger partial charge < -0.3 is 45.8 Å². The number of aliphatic hydroxyl groups is 1. The van der Waals surface area contributed by atoms with Gasteiger partial charge in [0.1, 0.15) is 5.60 Å². The summed E-state index contributed by atoms with van der Waals surface area (Å²) in [5.41, 5.74) is -2.97. The van der Waals surface area contributed by atoms with E-state index >= 15 is 0 Å². The second-order valence-electron chi connectivity index (χ2n) is 2.42. The fourth-order valence-electron chi connectivity index (χ4n) is 0.684. The zero-order chi connectivity index (χ0) is 10.6. The molecule has 0 atom stereocenters. The van der Waals surface area contributed by atoms with Gasteiger partial charge in [-0.1, -0.05) is 0 Å². The van der Waals surface area contributed by atoms with Gasteiger partial charge in [0, 0.05) is 24.8 Å². The Balaban J connectivity index is -0.0000000480. The number of hydrogen-bond acceptors (Lipinski definition) is 7. The van der Waals surface area contributed by atoms with Crippen molar-refractivity contribution in [1.82, 2.24) is 0 Å². The minimum absolute atomic E-state index is 0. The fourth-order valence-corrected chi connectivity index (χ4v) is 0.684. The number of carboxylic acids is 3. The third-order valence-electron chi connectivity index (χ3n) is 1.25. The molecular formula is C6H9Na4O9+. The molecule has 0 aromatic carbocycles. The molecule has 0 aliphatic heterocycles. The molecule has 0 radical (unpaired) electrons. The Morgan fingerprint density at radius 3 is 1.11 bits per heavy atom. The Hall–Kier alpha value is 2.29. The molecule has 0 fully saturated rings. The van der Waals surface area contributed by atoms with Crippen LogP contribution in [0, 0.1) is 0 Å². The standard InChI is InChI=1S/C6H8O7.4Na.2H2O/c7-3(8)1-6(13,5(11)12)2-4(9)10;;;;;;/h13H,1-2H2,(H,7,8)(H,9,10)(H,11,12);;;;;2*1H2/q;4*+1;;/p-3. The van der Waals surface area contributed by atoms with Gasteiger partial charge >= 0.3 is 118 Å². The Labute approximate surface area is 197 Å². The maximum absolute atomic E-state index is 10.1. The number of aliphatic carboxylic acids is 3. The van der Waals surface area contributed by atoms with E-state index in [1.165, 1.54) is 0 Å². The van der Waals surface area contributed by atoms with E-state index in [4.69, 9.17) is 5.11 Å². The molecule has 0 rings (SSSR count). The van der Waals surface area contributed by atoms with Crippen molar-refractivity contribution in [3.05, 3.63) is 0 Å². The molecule has 0 saturated heterocycles. The second-order valence-corrected chi connectivity index (χ2v) is 2.42. The Morgan fingerprint density at radius 2 is 1.00 bits per heavy atom. The monoisotopic (exact) mass is 317 g/mol. The third-order valence-corrected chi connectivity index (χ3v) is 1.25. The largest absolute Gasteiger partial charge is 1.00 e. The molecule has 0 aliphatic carbocycles. The molecule has 13 heteroatoms. The van der Waals surface area contributed by atoms with Crippen LogP contribution in [0.25, 0.3) is 0 Å². The van der Waals surface area contributed by atoms with Crippen LogP contribution in [0.3, 0.4) is 0 Å². The Bertz CT molecular complexity index is 243. The zero-order valence-electron chi connectivity index (χ0n) is 11.3. The molecular weight excluding hydrogens is 308 g/mol. The third kappa shape index (κ3) is 20.3. The molecule has 0 saturated carbocycles. The van der Waals surface area contributed by atoms with Gasteiger partial charge in [-0.15, -0.1) is 0 Å². The number of hydrogen-bond donors (Lipinski definition) is 1. The predicted molar refractivity (Wildman–Crippen MR) is 36.4 cm³/mol. The van der Waals surface area contributed by atoms with Crippen molar-refractivity contribution in [2.45, 2.75) is 18.4 Å². The average molecular weight is 317 g/mol. The first kappa shape index (κ1) is 42.9. The molecule has 0 amide bonds. The van der Waals surface area contributed by atoms with E-state index in [1.807, 2.05) is 0 Å². The van der Waals surface area contributed by atoms with Crippen molar-refractivity contribution < 1.29 is 164 Å². The molecule has 0 unspecified atom stereocenters. The van der Waals surface area contributed by atoms with Gasteiger partial charge in [-0.3, -0.25) is 0 Å². The molecule has 0 heterocycles. The van der Waals surface area contributed by atoms with Crippen LogP contribution in [0.2, 0.25) is 0 Å². The van der Waals surface area contributed by atoms with Crippen LogP contribution in [0.5, 0.6) is 0 Å². The maximum atomic E-state index is 10.1. The van der Waals surface area contributed by atoms with E-state index in [9.17, 15) is 29.7 Å². The summed E-state index contributed by atoms with van der Waals surface area (Å²) in [5, 5.41) is 38.9. The van der Waals surface area contributed by atoms with Crippen LogP contribution in [-0.4, -0.2) is 39.6 Å². The number of carbonyl (C=O) groups excluding carboxylic acids is 3. The van der Waals surface area contributed by atoms with Crippen LogP contribution < -0.4 is 134 Å². The summed E-state index contributed by atoms with van der Waals surface area (Å²) < 4.78 is 0. The molecule has 90 valence electrons. The minimum atomic E-state index is -2.97. The van der Waals surface area contributed by atoms with Crippen molar-refractivity contribution in [3.8, 4) is 0 Å². The van der Waals surface area contributed by atoms with Crippen LogP contribution in [0.1, 0.15) is 12.8 Å². The summed E-state index contributed by atoms with van der Waals surface area (Å²) in [5.74, 6) is -5.98. The van der Waals surface area contributed by atoms with Gasteiger partial charge in [-0.25, -0.2) is 0 Å². The minimum Gasteiger partial charge on any atom is -0.550 e. The summed E-state index contributed by atoms with van der Waals surface area (Å²) in [7, 11) is 0. The average Bonchev–Trinajstić information content (AvgIpc) is 1.82. The van der Waals surface area contributed by atoms with Crippen LogP contribution in [0.15, 0.2) is 0 Å². The quantitative estimate of drug-likeness (QED) is 0.484. The normalized spacial score (nSPS) is 7.42. The molecule has 0 spiro atoms. The van der Waals surface area contributed by atoms with Crippen molar-refractivity contribution in [1.29, 1.82) is 0 Å². The summed E-state index contributed by atoms with van der Waals surface area (Å²) in [6, 6.07) is 0. The van der Waals surface area contributed by atoms with Gasteiger partial charge in [0.2, 0.25) is 0 Å². The van der Waals surface area contributed by atoms with E-state index in [1.54, 1.807) is 0 Å². The fraction of sp³-hybridized carbons (Fsp3) is 0.500. The zero-order valence-corrected chi connectivity index (χ0v) is 19.3. The topological polar surface area (TPSA) is 204 Å². The van der Waals surface area contributed by atoms with Gasteiger partial charge in [0.25, 0.3) is 0 Å². The first-order valence-electron chi connectivity index (χ1n) is 3.11. The van der Waals surface area contributed by atoms with Gasteiger partial charge in [-0.05, 0) is 0 Å². The van der Waals surface area contributed by atoms with Crippen LogP contribution in [0.4, 0.5) is 0 Å². The SMILES string of the molecule is O.O.O=C([O-])CC(O)(CC(=O)[O-])C(=O)[O-].[Na+].[Na+].[Na+].[Na+]. The van der Waals surface area contributed by atoms with Gasteiger partial charge in [0.15, 0.2) is 0 Å². The molecule has 19 heavy (non-hydrogen) atoms. The summed E-state index contributed by atoms with van der Waals surface area (Å²) in [4.78, 5) is 30.0. The Morgan fingerprint density at radius 1 is 0.789 bits per heavy atom. The van der Waals surface area contributed by atoms with Crippen molar-refractivity contribution >= 4 is 17.9 Å². The summed E-state index contributed by atoms with van der Waals surface area (Å²) >= 11 is 0.